The van der Waals surface area contributed by atoms with Gasteiger partial charge >= 0.3 is 0 Å². The molecule has 7 heteroatoms. The molecule has 0 fully saturated rings. The Balaban J connectivity index is 0.00000512. The van der Waals surface area contributed by atoms with Gasteiger partial charge in [-0.2, -0.15) is 0 Å². The molecule has 32 heavy (non-hydrogen) atoms. The summed E-state index contributed by atoms with van der Waals surface area (Å²) >= 11 is 0. The molecule has 0 radical (unpaired) electrons. The minimum Gasteiger partial charge on any atom is -0.357 e. The lowest BCUT2D eigenvalue weighted by atomic mass is 9.99. The molecule has 1 atom stereocenters. The average molecular weight is 558 g/mol. The third-order valence-electron chi connectivity index (χ3n) is 6.04. The van der Waals surface area contributed by atoms with Crippen LogP contribution in [-0.2, 0) is 17.8 Å². The van der Waals surface area contributed by atoms with Crippen LogP contribution in [0.3, 0.4) is 0 Å². The molecule has 0 spiro atoms. The SMILES string of the molecule is CCNC(=NCCCC(=O)N1CCc2ccccc2C1)NC(C)CCCN(CC)CC.I. The van der Waals surface area contributed by atoms with Crippen molar-refractivity contribution >= 4 is 35.8 Å². The molecule has 1 aromatic rings. The van der Waals surface area contributed by atoms with Gasteiger partial charge in [0.2, 0.25) is 5.91 Å². The fourth-order valence-electron chi connectivity index (χ4n) is 4.07. The number of carbonyl (C=O) groups excluding carboxylic acids is 1. The van der Waals surface area contributed by atoms with Gasteiger partial charge in [0, 0.05) is 38.6 Å². The third-order valence-corrected chi connectivity index (χ3v) is 6.04. The zero-order valence-corrected chi connectivity index (χ0v) is 22.9. The fraction of sp³-hybridized carbons (Fsp3) is 0.680. The molecule has 0 saturated heterocycles. The molecule has 1 aliphatic rings. The summed E-state index contributed by atoms with van der Waals surface area (Å²) in [4.78, 5) is 21.8. The molecule has 182 valence electrons. The van der Waals surface area contributed by atoms with E-state index in [1.807, 2.05) is 4.90 Å². The maximum absolute atomic E-state index is 12.6. The Hall–Kier alpha value is -1.35. The topological polar surface area (TPSA) is 60.0 Å². The predicted octanol–water partition coefficient (Wildman–Crippen LogP) is 4.04. The van der Waals surface area contributed by atoms with E-state index in [2.05, 4.69) is 67.5 Å². The Morgan fingerprint density at radius 1 is 1.16 bits per heavy atom. The molecule has 1 heterocycles. The van der Waals surface area contributed by atoms with Crippen LogP contribution in [0.5, 0.6) is 0 Å². The van der Waals surface area contributed by atoms with E-state index in [-0.39, 0.29) is 29.9 Å². The summed E-state index contributed by atoms with van der Waals surface area (Å²) in [6.07, 6.45) is 4.60. The van der Waals surface area contributed by atoms with Crippen LogP contribution >= 0.6 is 24.0 Å². The molecule has 1 aromatic carbocycles. The Kier molecular flexibility index (Phi) is 14.6. The summed E-state index contributed by atoms with van der Waals surface area (Å²) in [6.45, 7) is 15.2. The number of nitrogens with zero attached hydrogens (tertiary/aromatic N) is 3. The van der Waals surface area contributed by atoms with E-state index >= 15 is 0 Å². The van der Waals surface area contributed by atoms with Gasteiger partial charge in [-0.1, -0.05) is 38.1 Å². The van der Waals surface area contributed by atoms with Crippen molar-refractivity contribution in [3.63, 3.8) is 0 Å². The van der Waals surface area contributed by atoms with Gasteiger partial charge in [0.25, 0.3) is 0 Å². The minimum absolute atomic E-state index is 0. The van der Waals surface area contributed by atoms with Gasteiger partial charge in [0.15, 0.2) is 5.96 Å². The quantitative estimate of drug-likeness (QED) is 0.176. The molecular formula is C25H44IN5O. The first-order valence-corrected chi connectivity index (χ1v) is 12.2. The summed E-state index contributed by atoms with van der Waals surface area (Å²) in [5.41, 5.74) is 2.66. The van der Waals surface area contributed by atoms with Gasteiger partial charge in [0.05, 0.1) is 0 Å². The highest BCUT2D eigenvalue weighted by Gasteiger charge is 2.19. The second-order valence-corrected chi connectivity index (χ2v) is 8.41. The molecule has 0 aliphatic carbocycles. The number of carbonyl (C=O) groups is 1. The van der Waals surface area contributed by atoms with Crippen LogP contribution in [0, 0.1) is 0 Å². The molecule has 1 unspecified atom stereocenters. The minimum atomic E-state index is 0. The third kappa shape index (κ3) is 10.1. The second-order valence-electron chi connectivity index (χ2n) is 8.41. The Labute approximate surface area is 212 Å². The van der Waals surface area contributed by atoms with E-state index in [9.17, 15) is 4.79 Å². The monoisotopic (exact) mass is 557 g/mol. The van der Waals surface area contributed by atoms with Gasteiger partial charge in [-0.15, -0.1) is 24.0 Å². The fourth-order valence-corrected chi connectivity index (χ4v) is 4.07. The van der Waals surface area contributed by atoms with Gasteiger partial charge < -0.3 is 20.4 Å². The lowest BCUT2D eigenvalue weighted by Gasteiger charge is -2.29. The number of hydrogen-bond donors (Lipinski definition) is 2. The molecule has 0 aromatic heterocycles. The zero-order chi connectivity index (χ0) is 22.5. The highest BCUT2D eigenvalue weighted by atomic mass is 127. The van der Waals surface area contributed by atoms with Crippen molar-refractivity contribution in [2.45, 2.75) is 72.4 Å². The second kappa shape index (κ2) is 16.3. The average Bonchev–Trinajstić information content (AvgIpc) is 2.79. The zero-order valence-electron chi connectivity index (χ0n) is 20.5. The number of amides is 1. The van der Waals surface area contributed by atoms with E-state index in [0.29, 0.717) is 19.0 Å². The van der Waals surface area contributed by atoms with Crippen molar-refractivity contribution in [2.24, 2.45) is 4.99 Å². The number of nitrogens with one attached hydrogen (secondary N) is 2. The molecule has 0 saturated carbocycles. The van der Waals surface area contributed by atoms with Crippen molar-refractivity contribution < 1.29 is 4.79 Å². The number of aliphatic imine (C=N–C) groups is 1. The van der Waals surface area contributed by atoms with Crippen LogP contribution in [0.15, 0.2) is 29.3 Å². The summed E-state index contributed by atoms with van der Waals surface area (Å²) in [6, 6.07) is 8.82. The van der Waals surface area contributed by atoms with Gasteiger partial charge in [-0.25, -0.2) is 0 Å². The first-order chi connectivity index (χ1) is 15.1. The van der Waals surface area contributed by atoms with E-state index in [4.69, 9.17) is 4.99 Å². The summed E-state index contributed by atoms with van der Waals surface area (Å²) < 4.78 is 0. The smallest absolute Gasteiger partial charge is 0.222 e. The van der Waals surface area contributed by atoms with Gasteiger partial charge in [0.1, 0.15) is 0 Å². The van der Waals surface area contributed by atoms with Crippen molar-refractivity contribution in [1.29, 1.82) is 0 Å². The molecule has 2 rings (SSSR count). The molecular weight excluding hydrogens is 513 g/mol. The number of halogens is 1. The summed E-state index contributed by atoms with van der Waals surface area (Å²) in [5, 5.41) is 6.85. The molecule has 1 aliphatic heterocycles. The first kappa shape index (κ1) is 28.7. The van der Waals surface area contributed by atoms with E-state index < -0.39 is 0 Å². The normalized spacial score (nSPS) is 14.5. The summed E-state index contributed by atoms with van der Waals surface area (Å²) in [7, 11) is 0. The van der Waals surface area contributed by atoms with Crippen molar-refractivity contribution in [3.8, 4) is 0 Å². The predicted molar refractivity (Wildman–Crippen MR) is 146 cm³/mol. The van der Waals surface area contributed by atoms with Crippen LogP contribution in [0.1, 0.15) is 64.5 Å². The molecule has 6 nitrogen and oxygen atoms in total. The van der Waals surface area contributed by atoms with Crippen LogP contribution in [0.2, 0.25) is 0 Å². The molecule has 1 amide bonds. The lowest BCUT2D eigenvalue weighted by Crippen LogP contribution is -2.42. The number of rotatable bonds is 12. The highest BCUT2D eigenvalue weighted by Crippen LogP contribution is 2.19. The Bertz CT molecular complexity index is 693. The van der Waals surface area contributed by atoms with Gasteiger partial charge in [-0.3, -0.25) is 9.79 Å². The Morgan fingerprint density at radius 2 is 1.88 bits per heavy atom. The van der Waals surface area contributed by atoms with E-state index in [1.54, 1.807) is 0 Å². The van der Waals surface area contributed by atoms with E-state index in [1.165, 1.54) is 17.5 Å². The highest BCUT2D eigenvalue weighted by molar-refractivity contribution is 14.0. The van der Waals surface area contributed by atoms with Crippen LogP contribution in [0.25, 0.3) is 0 Å². The van der Waals surface area contributed by atoms with Crippen molar-refractivity contribution in [3.05, 3.63) is 35.4 Å². The maximum Gasteiger partial charge on any atom is 0.222 e. The lowest BCUT2D eigenvalue weighted by molar-refractivity contribution is -0.132. The summed E-state index contributed by atoms with van der Waals surface area (Å²) in [5.74, 6) is 1.10. The molecule has 2 N–H and O–H groups in total. The van der Waals surface area contributed by atoms with Crippen molar-refractivity contribution in [1.82, 2.24) is 20.4 Å². The van der Waals surface area contributed by atoms with Gasteiger partial charge in [-0.05, 0) is 70.3 Å². The number of guanidine groups is 1. The number of benzene rings is 1. The van der Waals surface area contributed by atoms with Crippen LogP contribution in [0.4, 0.5) is 0 Å². The first-order valence-electron chi connectivity index (χ1n) is 12.2. The largest absolute Gasteiger partial charge is 0.357 e. The van der Waals surface area contributed by atoms with Crippen LogP contribution in [-0.4, -0.2) is 67.0 Å². The van der Waals surface area contributed by atoms with E-state index in [0.717, 1.165) is 64.5 Å². The standard InChI is InChI=1S/C25H43N5O.HI/c1-5-26-25(28-21(4)12-11-18-29(6-2)7-3)27-17-10-15-24(31)30-19-16-22-13-8-9-14-23(22)20-30;/h8-9,13-14,21H,5-7,10-12,15-20H2,1-4H3,(H2,26,27,28);1H. The number of fused-ring (bicyclic) bond motifs is 1. The Morgan fingerprint density at radius 3 is 2.56 bits per heavy atom. The van der Waals surface area contributed by atoms with Crippen LogP contribution < -0.4 is 10.6 Å². The van der Waals surface area contributed by atoms with Crippen molar-refractivity contribution in [2.75, 3.05) is 39.3 Å². The molecule has 0 bridgehead atoms. The maximum atomic E-state index is 12.6. The number of hydrogen-bond acceptors (Lipinski definition) is 3.